The Morgan fingerprint density at radius 3 is 2.30 bits per heavy atom. The number of carboxylic acid groups (broad SMARTS) is 2. The monoisotopic (exact) mass is 484 g/mol. The molecule has 6 nitrogen and oxygen atoms in total. The summed E-state index contributed by atoms with van der Waals surface area (Å²) in [6, 6.07) is -1.46. The zero-order valence-electron chi connectivity index (χ0n) is 10.1. The first-order valence-electron chi connectivity index (χ1n) is 5.17. The van der Waals surface area contributed by atoms with Crippen LogP contribution in [0.3, 0.4) is 0 Å². The number of benzene rings is 1. The molecule has 0 amide bonds. The summed E-state index contributed by atoms with van der Waals surface area (Å²) in [6.45, 7) is 0. The first-order chi connectivity index (χ1) is 9.22. The van der Waals surface area contributed by atoms with Crippen LogP contribution in [-0.4, -0.2) is 35.3 Å². The van der Waals surface area contributed by atoms with Crippen LogP contribution in [0.2, 0.25) is 0 Å². The van der Waals surface area contributed by atoms with E-state index in [0.29, 0.717) is 0 Å². The maximum absolute atomic E-state index is 13.9. The summed E-state index contributed by atoms with van der Waals surface area (Å²) >= 11 is 0.772. The molecule has 4 N–H and O–H groups in total. The van der Waals surface area contributed by atoms with E-state index in [-0.39, 0.29) is 14.6 Å². The van der Waals surface area contributed by atoms with Crippen LogP contribution in [0.25, 0.3) is 0 Å². The maximum atomic E-state index is 13.9. The van der Waals surface area contributed by atoms with Crippen molar-refractivity contribution in [1.82, 2.24) is 0 Å². The van der Waals surface area contributed by atoms with Crippen LogP contribution >= 0.6 is 0 Å². The van der Waals surface area contributed by atoms with Crippen LogP contribution in [0, 0.1) is 36.4 Å². The molecule has 0 bridgehead atoms. The van der Waals surface area contributed by atoms with Crippen molar-refractivity contribution in [3.05, 3.63) is 22.8 Å². The van der Waals surface area contributed by atoms with Crippen LogP contribution in [0.4, 0.5) is 8.78 Å². The summed E-state index contributed by atoms with van der Waals surface area (Å²) in [5.74, 6) is -6.24. The Kier molecular flexibility index (Phi) is 5.36. The van der Waals surface area contributed by atoms with Crippen molar-refractivity contribution in [2.75, 3.05) is 7.11 Å². The molecule has 0 saturated heterocycles. The first kappa shape index (κ1) is 16.7. The van der Waals surface area contributed by atoms with Crippen LogP contribution < -0.4 is 13.7 Å². The summed E-state index contributed by atoms with van der Waals surface area (Å²) in [6.07, 6.45) is -0.517. The number of nitrogens with two attached hydrogens (primary N) is 1. The summed E-state index contributed by atoms with van der Waals surface area (Å²) in [5.41, 5.74) is 4.07. The number of ether oxygens (including phenoxy) is 1. The third-order valence-electron chi connectivity index (χ3n) is 2.53. The fourth-order valence-corrected chi connectivity index (χ4v) is 2.95. The van der Waals surface area contributed by atoms with E-state index in [4.69, 9.17) is 20.7 Å². The van der Waals surface area contributed by atoms with Gasteiger partial charge in [0, 0.05) is 0 Å². The summed E-state index contributed by atoms with van der Waals surface area (Å²) < 4.78 is 32.5. The molecule has 0 aliphatic heterocycles. The van der Waals surface area contributed by atoms with Gasteiger partial charge >= 0.3 is 127 Å². The van der Waals surface area contributed by atoms with Gasteiger partial charge in [0.15, 0.2) is 0 Å². The second kappa shape index (κ2) is 6.41. The van der Waals surface area contributed by atoms with E-state index in [0.717, 1.165) is 31.8 Å². The van der Waals surface area contributed by atoms with E-state index < -0.39 is 41.6 Å². The molecular formula is C11H10AtF2NO5. The predicted molar refractivity (Wildman–Crippen MR) is 58.8 cm³/mol. The first-order valence-corrected chi connectivity index (χ1v) is 6.64. The summed E-state index contributed by atoms with van der Waals surface area (Å²) in [4.78, 5) is 21.6. The van der Waals surface area contributed by atoms with Crippen molar-refractivity contribution in [2.45, 2.75) is 12.5 Å². The number of aromatic carboxylic acids is 1. The number of halogens is 2. The Bertz CT molecular complexity index is 579. The van der Waals surface area contributed by atoms with Gasteiger partial charge in [0.1, 0.15) is 0 Å². The van der Waals surface area contributed by atoms with E-state index in [9.17, 15) is 18.4 Å². The molecule has 0 spiro atoms. The quantitative estimate of drug-likeness (QED) is 0.535. The fraction of sp³-hybridized carbons (Fsp3) is 0.273. The molecule has 0 fully saturated rings. The van der Waals surface area contributed by atoms with Crippen LogP contribution in [0.15, 0.2) is 0 Å². The third-order valence-corrected chi connectivity index (χ3v) is 3.93. The Labute approximate surface area is 127 Å². The van der Waals surface area contributed by atoms with Crippen molar-refractivity contribution >= 4 is 15.2 Å². The fourth-order valence-electron chi connectivity index (χ4n) is 1.57. The second-order valence-corrected chi connectivity index (χ2v) is 5.25. The molecular weight excluding hydrogens is 474 g/mol. The molecule has 1 aromatic rings. The Morgan fingerprint density at radius 2 is 1.90 bits per heavy atom. The van der Waals surface area contributed by atoms with E-state index in [2.05, 4.69) is 0 Å². The second-order valence-electron chi connectivity index (χ2n) is 3.78. The molecule has 0 saturated carbocycles. The number of carbonyl (C=O) groups is 2. The van der Waals surface area contributed by atoms with E-state index in [1.54, 1.807) is 0 Å². The molecule has 0 aromatic heterocycles. The number of hydrogen-bond donors (Lipinski definition) is 3. The van der Waals surface area contributed by atoms with Gasteiger partial charge in [-0.05, 0) is 0 Å². The van der Waals surface area contributed by atoms with Crippen LogP contribution in [0.5, 0.6) is 5.75 Å². The van der Waals surface area contributed by atoms with Gasteiger partial charge in [0.05, 0.1) is 0 Å². The average Bonchev–Trinajstić information content (AvgIpc) is 2.35. The molecule has 1 atom stereocenters. The molecule has 9 heteroatoms. The van der Waals surface area contributed by atoms with Gasteiger partial charge in [0.2, 0.25) is 0 Å². The average molecular weight is 484 g/mol. The van der Waals surface area contributed by atoms with E-state index in [1.165, 1.54) is 0 Å². The predicted octanol–water partition coefficient (Wildman–Crippen LogP) is -0.199. The number of carboxylic acids is 2. The SMILES string of the molecule is COc1c([At])c(C(=O)O)c(F)c(F)c1CC(N)C(=O)O. The molecule has 110 valence electrons. The van der Waals surface area contributed by atoms with Crippen molar-refractivity contribution in [2.24, 2.45) is 5.73 Å². The normalized spacial score (nSPS) is 12.1. The summed E-state index contributed by atoms with van der Waals surface area (Å²) in [7, 11) is 1.15. The number of methoxy groups -OCH3 is 1. The van der Waals surface area contributed by atoms with Crippen molar-refractivity contribution < 1.29 is 58.0 Å². The van der Waals surface area contributed by atoms with E-state index >= 15 is 0 Å². The Balaban J connectivity index is 3.53. The topological polar surface area (TPSA) is 110 Å². The van der Waals surface area contributed by atoms with Gasteiger partial charge in [0.25, 0.3) is 0 Å². The third kappa shape index (κ3) is 3.04. The van der Waals surface area contributed by atoms with Gasteiger partial charge in [-0.25, -0.2) is 0 Å². The Hall–Kier alpha value is -1.34. The molecule has 1 aromatic carbocycles. The molecule has 20 heavy (non-hydrogen) atoms. The van der Waals surface area contributed by atoms with Gasteiger partial charge in [-0.1, -0.05) is 0 Å². The molecule has 0 aliphatic rings. The zero-order valence-corrected chi connectivity index (χ0v) is 13.1. The van der Waals surface area contributed by atoms with Gasteiger partial charge in [-0.3, -0.25) is 0 Å². The summed E-state index contributed by atoms with van der Waals surface area (Å²) in [5, 5.41) is 17.6. The van der Waals surface area contributed by atoms with Crippen molar-refractivity contribution in [1.29, 1.82) is 0 Å². The van der Waals surface area contributed by atoms with Crippen LogP contribution in [0.1, 0.15) is 15.9 Å². The number of aliphatic carboxylic acids is 1. The van der Waals surface area contributed by atoms with Crippen LogP contribution in [-0.2, 0) is 11.2 Å². The minimum atomic E-state index is -1.63. The zero-order chi connectivity index (χ0) is 15.6. The van der Waals surface area contributed by atoms with E-state index in [1.807, 2.05) is 0 Å². The standard InChI is InChI=1S/C11H10AtF2NO5/c1-20-9-3(2-4(15)10(16)17)7(13)8(14)5(6(9)12)11(18)19/h4H,2,15H2,1H3,(H,16,17)(H,18,19). The molecule has 1 unspecified atom stereocenters. The number of rotatable bonds is 5. The minimum absolute atomic E-state index is 0.0773. The Morgan fingerprint density at radius 1 is 1.35 bits per heavy atom. The molecule has 1 rings (SSSR count). The van der Waals surface area contributed by atoms with Crippen molar-refractivity contribution in [3.63, 3.8) is 0 Å². The van der Waals surface area contributed by atoms with Gasteiger partial charge in [-0.15, -0.1) is 0 Å². The molecule has 0 heterocycles. The van der Waals surface area contributed by atoms with Crippen molar-refractivity contribution in [3.8, 4) is 5.75 Å². The molecule has 0 aliphatic carbocycles. The van der Waals surface area contributed by atoms with Gasteiger partial charge in [-0.2, -0.15) is 0 Å². The molecule has 0 radical (unpaired) electrons. The van der Waals surface area contributed by atoms with Gasteiger partial charge < -0.3 is 0 Å². The number of hydrogen-bond acceptors (Lipinski definition) is 4.